The molecule has 2 aromatic heterocycles. The quantitative estimate of drug-likeness (QED) is 0.524. The highest BCUT2D eigenvalue weighted by molar-refractivity contribution is 7.89. The number of benzene rings is 2. The molecule has 0 aliphatic rings. The molecule has 0 fully saturated rings. The predicted octanol–water partition coefficient (Wildman–Crippen LogP) is 3.06. The zero-order valence-electron chi connectivity index (χ0n) is 12.6. The number of hydrogen-bond acceptors (Lipinski definition) is 5. The second-order valence-electron chi connectivity index (χ2n) is 5.25. The third-order valence-electron chi connectivity index (χ3n) is 3.84. The zero-order valence-corrected chi connectivity index (χ0v) is 14.2. The van der Waals surface area contributed by atoms with Crippen molar-refractivity contribution in [1.29, 1.82) is 0 Å². The average Bonchev–Trinajstić information content (AvgIpc) is 3.13. The molecule has 0 saturated carbocycles. The summed E-state index contributed by atoms with van der Waals surface area (Å²) < 4.78 is 27.4. The van der Waals surface area contributed by atoms with E-state index in [0.717, 1.165) is 10.2 Å². The highest BCUT2D eigenvalue weighted by Crippen LogP contribution is 2.40. The number of thiazole rings is 1. The first-order valence-corrected chi connectivity index (χ1v) is 9.44. The highest BCUT2D eigenvalue weighted by atomic mass is 32.2. The lowest BCUT2D eigenvalue weighted by Gasteiger charge is -2.02. The predicted molar refractivity (Wildman–Crippen MR) is 94.8 cm³/mol. The van der Waals surface area contributed by atoms with Gasteiger partial charge in [-0.25, -0.2) is 18.1 Å². The van der Waals surface area contributed by atoms with Crippen LogP contribution in [0.5, 0.6) is 5.88 Å². The van der Waals surface area contributed by atoms with Crippen molar-refractivity contribution in [2.75, 3.05) is 7.05 Å². The summed E-state index contributed by atoms with van der Waals surface area (Å²) in [7, 11) is -2.20. The van der Waals surface area contributed by atoms with E-state index in [2.05, 4.69) is 14.7 Å². The van der Waals surface area contributed by atoms with Gasteiger partial charge in [0.15, 0.2) is 5.88 Å². The molecule has 8 heteroatoms. The summed E-state index contributed by atoms with van der Waals surface area (Å²) in [5.74, 6) is -0.0249. The molecule has 0 saturated heterocycles. The lowest BCUT2D eigenvalue weighted by molar-refractivity contribution is 0.460. The minimum atomic E-state index is -3.57. The van der Waals surface area contributed by atoms with Gasteiger partial charge in [0.25, 0.3) is 0 Å². The van der Waals surface area contributed by atoms with Crippen LogP contribution >= 0.6 is 11.3 Å². The first-order valence-electron chi connectivity index (χ1n) is 7.14. The highest BCUT2D eigenvalue weighted by Gasteiger charge is 2.19. The Balaban J connectivity index is 2.00. The fraction of sp³-hybridized carbons (Fsp3) is 0.0625. The van der Waals surface area contributed by atoms with E-state index in [1.807, 2.05) is 24.3 Å². The van der Waals surface area contributed by atoms with E-state index in [4.69, 9.17) is 0 Å². The van der Waals surface area contributed by atoms with Crippen LogP contribution in [0.15, 0.2) is 47.4 Å². The maximum Gasteiger partial charge on any atom is 0.240 e. The van der Waals surface area contributed by atoms with E-state index < -0.39 is 10.0 Å². The molecule has 2 aromatic carbocycles. The Hall–Kier alpha value is -2.42. The average molecular weight is 359 g/mol. The Morgan fingerprint density at radius 3 is 2.75 bits per heavy atom. The van der Waals surface area contributed by atoms with Crippen molar-refractivity contribution in [3.8, 4) is 16.5 Å². The Bertz CT molecular complexity index is 1140. The maximum atomic E-state index is 12.0. The largest absolute Gasteiger partial charge is 0.494 e. The van der Waals surface area contributed by atoms with Crippen molar-refractivity contribution < 1.29 is 13.5 Å². The maximum absolute atomic E-state index is 12.0. The van der Waals surface area contributed by atoms with E-state index >= 15 is 0 Å². The standard InChI is InChI=1S/C16H13N3O3S2/c1-17-24(21,22)9-6-7-11-10(8-9)14(15(20)18-11)16-19-12-4-2-3-5-13(12)23-16/h2-8,17-18,20H,1H3. The molecule has 3 N–H and O–H groups in total. The van der Waals surface area contributed by atoms with E-state index in [0.29, 0.717) is 21.5 Å². The fourth-order valence-electron chi connectivity index (χ4n) is 2.64. The van der Waals surface area contributed by atoms with Gasteiger partial charge in [-0.3, -0.25) is 0 Å². The number of aromatic hydroxyl groups is 1. The summed E-state index contributed by atoms with van der Waals surface area (Å²) >= 11 is 1.45. The molecule has 0 aliphatic carbocycles. The molecule has 4 rings (SSSR count). The summed E-state index contributed by atoms with van der Waals surface area (Å²) in [5.41, 5.74) is 2.00. The second kappa shape index (κ2) is 5.30. The first-order chi connectivity index (χ1) is 11.5. The number of nitrogens with zero attached hydrogens (tertiary/aromatic N) is 1. The summed E-state index contributed by atoms with van der Waals surface area (Å²) in [6.45, 7) is 0. The van der Waals surface area contributed by atoms with Crippen molar-refractivity contribution in [3.63, 3.8) is 0 Å². The Labute approximate surface area is 141 Å². The van der Waals surface area contributed by atoms with Crippen LogP contribution in [-0.4, -0.2) is 30.5 Å². The molecular weight excluding hydrogens is 346 g/mol. The first kappa shape index (κ1) is 15.1. The van der Waals surface area contributed by atoms with Gasteiger partial charge in [0, 0.05) is 10.9 Å². The monoisotopic (exact) mass is 359 g/mol. The van der Waals surface area contributed by atoms with Crippen molar-refractivity contribution in [1.82, 2.24) is 14.7 Å². The van der Waals surface area contributed by atoms with E-state index in [9.17, 15) is 13.5 Å². The van der Waals surface area contributed by atoms with Gasteiger partial charge in [-0.2, -0.15) is 0 Å². The molecule has 0 atom stereocenters. The molecule has 0 aliphatic heterocycles. The van der Waals surface area contributed by atoms with Crippen molar-refractivity contribution in [3.05, 3.63) is 42.5 Å². The minimum Gasteiger partial charge on any atom is -0.494 e. The third kappa shape index (κ3) is 2.27. The summed E-state index contributed by atoms with van der Waals surface area (Å²) in [5, 5.41) is 11.6. The van der Waals surface area contributed by atoms with Crippen LogP contribution in [0.1, 0.15) is 0 Å². The van der Waals surface area contributed by atoms with Gasteiger partial charge in [-0.05, 0) is 37.4 Å². The zero-order chi connectivity index (χ0) is 16.9. The van der Waals surface area contributed by atoms with Gasteiger partial charge >= 0.3 is 0 Å². The molecule has 0 radical (unpaired) electrons. The molecule has 0 amide bonds. The minimum absolute atomic E-state index is 0.0249. The number of nitrogens with one attached hydrogen (secondary N) is 2. The van der Waals surface area contributed by atoms with Gasteiger partial charge in [-0.15, -0.1) is 11.3 Å². The number of H-pyrrole nitrogens is 1. The Morgan fingerprint density at radius 1 is 1.21 bits per heavy atom. The topological polar surface area (TPSA) is 95.1 Å². The SMILES string of the molecule is CNS(=O)(=O)c1ccc2[nH]c(O)c(-c3nc4ccccc4s3)c2c1. The van der Waals surface area contributed by atoms with Crippen LogP contribution in [0.4, 0.5) is 0 Å². The number of sulfonamides is 1. The van der Waals surface area contributed by atoms with Crippen LogP contribution in [0.3, 0.4) is 0 Å². The number of fused-ring (bicyclic) bond motifs is 2. The molecule has 0 bridgehead atoms. The molecule has 0 unspecified atom stereocenters. The van der Waals surface area contributed by atoms with Crippen LogP contribution < -0.4 is 4.72 Å². The number of hydrogen-bond donors (Lipinski definition) is 3. The molecule has 4 aromatic rings. The molecule has 24 heavy (non-hydrogen) atoms. The van der Waals surface area contributed by atoms with E-state index in [1.54, 1.807) is 12.1 Å². The summed E-state index contributed by atoms with van der Waals surface area (Å²) in [4.78, 5) is 7.56. The lowest BCUT2D eigenvalue weighted by atomic mass is 10.2. The van der Waals surface area contributed by atoms with Crippen LogP contribution in [0.25, 0.3) is 31.7 Å². The van der Waals surface area contributed by atoms with E-state index in [-0.39, 0.29) is 10.8 Å². The van der Waals surface area contributed by atoms with Gasteiger partial charge in [0.2, 0.25) is 10.0 Å². The van der Waals surface area contributed by atoms with Crippen LogP contribution in [0.2, 0.25) is 0 Å². The van der Waals surface area contributed by atoms with Gasteiger partial charge in [0.1, 0.15) is 5.01 Å². The van der Waals surface area contributed by atoms with Crippen molar-refractivity contribution >= 4 is 42.5 Å². The Kier molecular flexibility index (Phi) is 3.34. The smallest absolute Gasteiger partial charge is 0.240 e. The van der Waals surface area contributed by atoms with Gasteiger partial charge < -0.3 is 10.1 Å². The number of rotatable bonds is 3. The number of para-hydroxylation sites is 1. The van der Waals surface area contributed by atoms with Crippen molar-refractivity contribution in [2.45, 2.75) is 4.90 Å². The van der Waals surface area contributed by atoms with Gasteiger partial charge in [-0.1, -0.05) is 12.1 Å². The molecule has 122 valence electrons. The summed E-state index contributed by atoms with van der Waals surface area (Å²) in [6, 6.07) is 12.4. The normalized spacial score (nSPS) is 12.2. The number of aromatic amines is 1. The summed E-state index contributed by atoms with van der Waals surface area (Å²) in [6.07, 6.45) is 0. The molecule has 0 spiro atoms. The van der Waals surface area contributed by atoms with Crippen molar-refractivity contribution in [2.24, 2.45) is 0 Å². The lowest BCUT2D eigenvalue weighted by Crippen LogP contribution is -2.18. The van der Waals surface area contributed by atoms with Gasteiger partial charge in [0.05, 0.1) is 20.7 Å². The molecular formula is C16H13N3O3S2. The van der Waals surface area contributed by atoms with E-state index in [1.165, 1.54) is 24.5 Å². The Morgan fingerprint density at radius 2 is 2.00 bits per heavy atom. The fourth-order valence-corrected chi connectivity index (χ4v) is 4.42. The van der Waals surface area contributed by atoms with Crippen LogP contribution in [-0.2, 0) is 10.0 Å². The molecule has 2 heterocycles. The molecule has 6 nitrogen and oxygen atoms in total. The van der Waals surface area contributed by atoms with Crippen LogP contribution in [0, 0.1) is 0 Å². The number of aromatic nitrogens is 2. The third-order valence-corrected chi connectivity index (χ3v) is 6.30. The second-order valence-corrected chi connectivity index (χ2v) is 8.17.